The summed E-state index contributed by atoms with van der Waals surface area (Å²) in [6.07, 6.45) is 0. The van der Waals surface area contributed by atoms with Gasteiger partial charge in [0.2, 0.25) is 0 Å². The molecule has 0 fully saturated rings. The fourth-order valence-electron chi connectivity index (χ4n) is 3.82. The van der Waals surface area contributed by atoms with E-state index >= 15 is 0 Å². The standard InChI is InChI=1S/2C13H15.4CH3.Si.Zr/c2*1-9(2)12-6-4-5-11-7-10(3)8-13(11)12;;;;;;/h2*4-9H,1-3H3;4*1H3;;/q6*-1;;. The van der Waals surface area contributed by atoms with Crippen LogP contribution in [0.3, 0.4) is 0 Å². The summed E-state index contributed by atoms with van der Waals surface area (Å²) in [5.74, 6) is 1.23. The quantitative estimate of drug-likeness (QED) is 0.182. The average Bonchev–Trinajstić information content (AvgIpc) is 3.23. The van der Waals surface area contributed by atoms with Crippen molar-refractivity contribution >= 4 is 28.4 Å². The van der Waals surface area contributed by atoms with Gasteiger partial charge in [-0.3, -0.25) is 0 Å². The van der Waals surface area contributed by atoms with Gasteiger partial charge in [0.15, 0.2) is 0 Å². The molecule has 2 heteroatoms. The number of hydrogen-bond donors (Lipinski definition) is 0. The van der Waals surface area contributed by atoms with Crippen LogP contribution in [0.25, 0.3) is 21.5 Å². The van der Waals surface area contributed by atoms with E-state index in [0.717, 1.165) is 0 Å². The van der Waals surface area contributed by atoms with Gasteiger partial charge in [0, 0.05) is 0 Å². The molecule has 0 aliphatic carbocycles. The van der Waals surface area contributed by atoms with Crippen LogP contribution >= 0.6 is 0 Å². The molecule has 32 heavy (non-hydrogen) atoms. The Morgan fingerprint density at radius 2 is 0.938 bits per heavy atom. The van der Waals surface area contributed by atoms with Gasteiger partial charge in [-0.2, -0.15) is 12.1 Å². The third-order valence-electron chi connectivity index (χ3n) is 5.10. The molecule has 0 atom stereocenters. The number of rotatable bonds is 2. The van der Waals surface area contributed by atoms with Crippen molar-refractivity contribution in [1.29, 1.82) is 0 Å². The Morgan fingerprint density at radius 3 is 1.22 bits per heavy atom. The SMILES string of the molecule is Cc1cc2c(C(C)C)cccc2[cH-]1.Cc1cc2c(C(C)C)cccc2[cH-]1.[CH3-].[CH3-].[CH3-].[CH3-].[Si]=[Zr]. The molecule has 0 amide bonds. The molecule has 0 bridgehead atoms. The van der Waals surface area contributed by atoms with Gasteiger partial charge in [-0.1, -0.05) is 64.8 Å². The maximum atomic E-state index is 3.06. The van der Waals surface area contributed by atoms with Crippen molar-refractivity contribution in [2.45, 2.75) is 53.4 Å². The van der Waals surface area contributed by atoms with Crippen molar-refractivity contribution in [2.75, 3.05) is 0 Å². The second-order valence-corrected chi connectivity index (χ2v) is 8.08. The summed E-state index contributed by atoms with van der Waals surface area (Å²) in [7, 11) is 0. The second-order valence-electron chi connectivity index (χ2n) is 8.08. The second kappa shape index (κ2) is 16.4. The fraction of sp³-hybridized carbons (Fsp3) is 0.267. The van der Waals surface area contributed by atoms with E-state index in [9.17, 15) is 0 Å². The first-order chi connectivity index (χ1) is 13.4. The molecule has 0 aliphatic heterocycles. The van der Waals surface area contributed by atoms with Crippen LogP contribution in [0.2, 0.25) is 0 Å². The van der Waals surface area contributed by atoms with Crippen LogP contribution in [0, 0.1) is 43.6 Å². The zero-order valence-corrected chi connectivity index (χ0v) is 25.4. The molecule has 4 aromatic carbocycles. The van der Waals surface area contributed by atoms with Gasteiger partial charge >= 0.3 is 30.2 Å². The van der Waals surface area contributed by atoms with E-state index in [2.05, 4.69) is 109 Å². The Hall–Kier alpha value is -1.24. The molecule has 4 rings (SSSR count). The Morgan fingerprint density at radius 1 is 0.625 bits per heavy atom. The van der Waals surface area contributed by atoms with Crippen molar-refractivity contribution in [1.82, 2.24) is 0 Å². The molecule has 0 aromatic heterocycles. The summed E-state index contributed by atoms with van der Waals surface area (Å²) >= 11 is 1.36. The number of hydrogen-bond acceptors (Lipinski definition) is 0. The molecule has 0 spiro atoms. The molecular weight excluding hydrogens is 480 g/mol. The maximum absolute atomic E-state index is 3.06. The molecule has 0 N–H and O–H groups in total. The monoisotopic (exact) mass is 520 g/mol. The normalized spacial score (nSPS) is 9.34. The van der Waals surface area contributed by atoms with E-state index in [1.165, 1.54) is 67.1 Å². The first-order valence-electron chi connectivity index (χ1n) is 9.93. The average molecular weight is 522 g/mol. The third-order valence-corrected chi connectivity index (χ3v) is 5.10. The van der Waals surface area contributed by atoms with Gasteiger partial charge < -0.3 is 29.7 Å². The summed E-state index contributed by atoms with van der Waals surface area (Å²) in [6, 6.07) is 22.2. The van der Waals surface area contributed by atoms with Crippen LogP contribution in [0.4, 0.5) is 0 Å². The molecule has 0 saturated carbocycles. The first kappa shape index (κ1) is 35.4. The van der Waals surface area contributed by atoms with Crippen molar-refractivity contribution in [3.63, 3.8) is 0 Å². The minimum absolute atomic E-state index is 0. The third kappa shape index (κ3) is 8.60. The fourth-order valence-corrected chi connectivity index (χ4v) is 3.82. The Labute approximate surface area is 216 Å². The van der Waals surface area contributed by atoms with E-state index in [0.29, 0.717) is 11.8 Å². The van der Waals surface area contributed by atoms with Crippen molar-refractivity contribution < 1.29 is 23.3 Å². The zero-order valence-electron chi connectivity index (χ0n) is 21.9. The molecule has 0 aliphatic rings. The molecular formula is C30H42SiZr-6. The summed E-state index contributed by atoms with van der Waals surface area (Å²) < 4.78 is 0. The number of fused-ring (bicyclic) bond motifs is 2. The van der Waals surface area contributed by atoms with Crippen molar-refractivity contribution in [3.05, 3.63) is 113 Å². The van der Waals surface area contributed by atoms with Crippen molar-refractivity contribution in [3.8, 4) is 0 Å². The predicted molar refractivity (Wildman–Crippen MR) is 148 cm³/mol. The van der Waals surface area contributed by atoms with E-state index in [4.69, 9.17) is 0 Å². The van der Waals surface area contributed by atoms with Gasteiger partial charge in [-0.25, -0.2) is 0 Å². The summed E-state index contributed by atoms with van der Waals surface area (Å²) in [4.78, 5) is 0. The summed E-state index contributed by atoms with van der Waals surface area (Å²) in [6.45, 7) is 16.4. The van der Waals surface area contributed by atoms with Gasteiger partial charge in [-0.15, -0.1) is 69.1 Å². The van der Waals surface area contributed by atoms with E-state index in [1.54, 1.807) is 0 Å². The van der Waals surface area contributed by atoms with Crippen molar-refractivity contribution in [2.24, 2.45) is 0 Å². The van der Waals surface area contributed by atoms with Crippen LogP contribution in [0.1, 0.15) is 61.8 Å². The zero-order chi connectivity index (χ0) is 20.8. The van der Waals surface area contributed by atoms with Crippen LogP contribution in [-0.2, 0) is 23.3 Å². The molecule has 0 nitrogen and oxygen atoms in total. The van der Waals surface area contributed by atoms with Gasteiger partial charge in [0.25, 0.3) is 0 Å². The topological polar surface area (TPSA) is 0 Å². The Bertz CT molecular complexity index is 950. The van der Waals surface area contributed by atoms with Gasteiger partial charge in [0.1, 0.15) is 0 Å². The Balaban J connectivity index is -0.000000437. The molecule has 2 radical (unpaired) electrons. The van der Waals surface area contributed by atoms with Crippen LogP contribution in [0.5, 0.6) is 0 Å². The number of benzene rings is 2. The van der Waals surface area contributed by atoms with Gasteiger partial charge in [0.05, 0.1) is 0 Å². The molecule has 0 heterocycles. The van der Waals surface area contributed by atoms with E-state index in [1.807, 2.05) is 0 Å². The summed E-state index contributed by atoms with van der Waals surface area (Å²) in [5.41, 5.74) is 5.66. The minimum atomic E-state index is 0. The van der Waals surface area contributed by atoms with Gasteiger partial charge in [-0.05, 0) is 11.8 Å². The van der Waals surface area contributed by atoms with Crippen LogP contribution in [0.15, 0.2) is 60.7 Å². The van der Waals surface area contributed by atoms with Crippen LogP contribution in [-0.4, -0.2) is 6.88 Å². The molecule has 0 unspecified atom stereocenters. The van der Waals surface area contributed by atoms with E-state index < -0.39 is 0 Å². The molecule has 4 aromatic rings. The summed E-state index contributed by atoms with van der Waals surface area (Å²) in [5, 5.41) is 5.61. The molecule has 0 saturated heterocycles. The predicted octanol–water partition coefficient (Wildman–Crippen LogP) is 9.40. The number of aryl methyl sites for hydroxylation is 2. The molecule has 176 valence electrons. The van der Waals surface area contributed by atoms with Crippen LogP contribution < -0.4 is 0 Å². The van der Waals surface area contributed by atoms with E-state index in [-0.39, 0.29) is 29.7 Å². The first-order valence-corrected chi connectivity index (χ1v) is 14.1. The Kier molecular flexibility index (Phi) is 18.1.